The van der Waals surface area contributed by atoms with E-state index >= 15 is 0 Å². The molecule has 0 amide bonds. The van der Waals surface area contributed by atoms with E-state index in [1.807, 2.05) is 125 Å². The van der Waals surface area contributed by atoms with Gasteiger partial charge in [-0.1, -0.05) is 94.3 Å². The average molecular weight is 1500 g/mol. The van der Waals surface area contributed by atoms with Crippen LogP contribution in [0.25, 0.3) is 0 Å². The van der Waals surface area contributed by atoms with Crippen LogP contribution in [0.2, 0.25) is 0 Å². The van der Waals surface area contributed by atoms with Gasteiger partial charge in [-0.3, -0.25) is 13.8 Å². The first kappa shape index (κ1) is 109. The summed E-state index contributed by atoms with van der Waals surface area (Å²) in [6.45, 7) is 49.8. The van der Waals surface area contributed by atoms with Crippen molar-refractivity contribution >= 4 is 70.7 Å². The van der Waals surface area contributed by atoms with Crippen molar-refractivity contribution in [3.05, 3.63) is 0 Å². The number of unbranched alkanes of at least 4 members (excludes halogenated alkanes) is 14. The van der Waals surface area contributed by atoms with Gasteiger partial charge in [-0.05, 0) is 223 Å². The molecule has 0 aromatic carbocycles. The molecule has 19 nitrogen and oxygen atoms in total. The lowest BCUT2D eigenvalue weighted by Crippen LogP contribution is -2.23. The minimum Gasteiger partial charge on any atom is -0.460 e. The van der Waals surface area contributed by atoms with Crippen LogP contribution in [0.4, 0.5) is 0 Å². The van der Waals surface area contributed by atoms with E-state index in [-0.39, 0.29) is 59.6 Å². The van der Waals surface area contributed by atoms with Gasteiger partial charge >= 0.3 is 11.9 Å². The lowest BCUT2D eigenvalue weighted by molar-refractivity contribution is -0.156. The molecule has 0 spiro atoms. The zero-order valence-electron chi connectivity index (χ0n) is 66.5. The number of Topliss-reactive ketones (excluding diaryl/α,β-unsaturated/α-hetero) is 1. The van der Waals surface area contributed by atoms with E-state index in [0.29, 0.717) is 74.8 Å². The molecule has 0 rings (SSSR count). The van der Waals surface area contributed by atoms with Gasteiger partial charge in [0.25, 0.3) is 10.1 Å². The molecular weight excluding hydrogens is 1350 g/mol. The topological polar surface area (TPSA) is 246 Å². The summed E-state index contributed by atoms with van der Waals surface area (Å²) in [5.74, 6) is 0.585. The van der Waals surface area contributed by atoms with Crippen molar-refractivity contribution < 1.29 is 86.5 Å². The maximum atomic E-state index is 11.5. The van der Waals surface area contributed by atoms with E-state index in [4.69, 9.17) is 70.0 Å². The highest BCUT2D eigenvalue weighted by Gasteiger charge is 2.22. The lowest BCUT2D eigenvalue weighted by Gasteiger charge is -2.19. The largest absolute Gasteiger partial charge is 0.460 e. The summed E-state index contributed by atoms with van der Waals surface area (Å²) in [5, 5.41) is 0. The maximum Gasteiger partial charge on any atom is 0.306 e. The molecule has 590 valence electrons. The van der Waals surface area contributed by atoms with Crippen LogP contribution in [0.1, 0.15) is 313 Å². The quantitative estimate of drug-likeness (QED) is 0.0238. The van der Waals surface area contributed by atoms with E-state index in [2.05, 4.69) is 20.8 Å². The van der Waals surface area contributed by atoms with E-state index in [0.717, 1.165) is 129 Å². The van der Waals surface area contributed by atoms with Crippen LogP contribution in [0.3, 0.4) is 0 Å². The van der Waals surface area contributed by atoms with E-state index in [9.17, 15) is 39.6 Å². The molecule has 97 heavy (non-hydrogen) atoms. The average Bonchev–Trinajstić information content (AvgIpc) is 1.38. The third kappa shape index (κ3) is 131. The highest BCUT2D eigenvalue weighted by molar-refractivity contribution is 7.90. The number of halogens is 2. The third-order valence-electron chi connectivity index (χ3n) is 11.8. The van der Waals surface area contributed by atoms with Gasteiger partial charge in [0.2, 0.25) is 0 Å². The molecule has 0 bridgehead atoms. The molecule has 0 aliphatic carbocycles. The molecule has 0 saturated heterocycles. The molecule has 0 fully saturated rings. The number of hydrogen-bond acceptors (Lipinski definition) is 19. The van der Waals surface area contributed by atoms with Crippen molar-refractivity contribution in [1.82, 2.24) is 0 Å². The lowest BCUT2D eigenvalue weighted by atomic mass is 10.1. The van der Waals surface area contributed by atoms with Gasteiger partial charge in [0.15, 0.2) is 0 Å². The normalized spacial score (nSPS) is 12.0. The first-order chi connectivity index (χ1) is 44.5. The minimum absolute atomic E-state index is 0.00188. The molecule has 0 heterocycles. The first-order valence-electron chi connectivity index (χ1n) is 36.3. The van der Waals surface area contributed by atoms with Crippen molar-refractivity contribution in [1.29, 1.82) is 0 Å². The number of sulfone groups is 2. The Labute approximate surface area is 607 Å². The summed E-state index contributed by atoms with van der Waals surface area (Å²) in [5.41, 5.74) is -0.742. The fraction of sp³-hybridized carbons (Fsp3) is 0.959. The van der Waals surface area contributed by atoms with Crippen molar-refractivity contribution in [2.45, 2.75) is 372 Å². The zero-order valence-corrected chi connectivity index (χ0v) is 70.5. The number of alkyl halides is 2. The molecule has 0 aromatic heterocycles. The van der Waals surface area contributed by atoms with Crippen LogP contribution in [0.5, 0.6) is 0 Å². The number of carbonyl (C=O) groups excluding carboxylic acids is 3. The second kappa shape index (κ2) is 69.1. The van der Waals surface area contributed by atoms with Crippen molar-refractivity contribution in [2.24, 2.45) is 0 Å². The molecular formula is C73H152Cl2O19S3. The number of ether oxygens (including phenoxy) is 9. The monoisotopic (exact) mass is 1500 g/mol. The predicted octanol–water partition coefficient (Wildman–Crippen LogP) is 18.2. The summed E-state index contributed by atoms with van der Waals surface area (Å²) in [7, 11) is -9.08. The van der Waals surface area contributed by atoms with Crippen LogP contribution >= 0.6 is 23.2 Å². The Morgan fingerprint density at radius 2 is 0.588 bits per heavy atom. The summed E-state index contributed by atoms with van der Waals surface area (Å²) >= 11 is 11.3. The van der Waals surface area contributed by atoms with E-state index in [1.165, 1.54) is 51.5 Å². The van der Waals surface area contributed by atoms with Crippen LogP contribution in [-0.4, -0.2) is 184 Å². The zero-order chi connectivity index (χ0) is 76.6. The molecule has 0 aliphatic rings. The molecule has 0 radical (unpaired) electrons. The van der Waals surface area contributed by atoms with Crippen LogP contribution < -0.4 is 0 Å². The number of rotatable bonds is 50. The van der Waals surface area contributed by atoms with Gasteiger partial charge in [-0.2, -0.15) is 8.42 Å². The van der Waals surface area contributed by atoms with Crippen LogP contribution in [-0.2, 0) is 91.0 Å². The van der Waals surface area contributed by atoms with E-state index < -0.39 is 34.1 Å². The predicted molar refractivity (Wildman–Crippen MR) is 406 cm³/mol. The Balaban J connectivity index is -0.000000196. The minimum atomic E-state index is -3.52. The highest BCUT2D eigenvalue weighted by atomic mass is 35.5. The fourth-order valence-electron chi connectivity index (χ4n) is 7.27. The summed E-state index contributed by atoms with van der Waals surface area (Å²) in [6.07, 6.45) is 27.4. The van der Waals surface area contributed by atoms with Crippen LogP contribution in [0.15, 0.2) is 0 Å². The molecule has 24 heteroatoms. The van der Waals surface area contributed by atoms with Gasteiger partial charge < -0.3 is 47.4 Å². The number of ketones is 1. The Morgan fingerprint density at radius 3 is 0.866 bits per heavy atom. The molecule has 0 atom stereocenters. The number of esters is 2. The molecule has 0 aromatic rings. The Morgan fingerprint density at radius 1 is 0.340 bits per heavy atom. The number of hydrogen-bond donors (Lipinski definition) is 0. The van der Waals surface area contributed by atoms with Gasteiger partial charge in [0.05, 0.1) is 60.8 Å². The van der Waals surface area contributed by atoms with Crippen molar-refractivity contribution in [3.8, 4) is 0 Å². The highest BCUT2D eigenvalue weighted by Crippen LogP contribution is 2.21. The second-order valence-corrected chi connectivity index (χ2v) is 36.6. The molecule has 0 saturated carbocycles. The van der Waals surface area contributed by atoms with Crippen molar-refractivity contribution in [2.75, 3.05) is 82.6 Å². The molecule has 0 N–H and O–H groups in total. The van der Waals surface area contributed by atoms with E-state index in [1.54, 1.807) is 6.92 Å². The molecule has 0 unspecified atom stereocenters. The Hall–Kier alpha value is -1.28. The second-order valence-electron chi connectivity index (χ2n) is 28.5. The Bertz CT molecular complexity index is 2090. The van der Waals surface area contributed by atoms with Crippen molar-refractivity contribution in [3.63, 3.8) is 0 Å². The number of carbonyl (C=O) groups is 3. The van der Waals surface area contributed by atoms with Gasteiger partial charge in [-0.25, -0.2) is 16.8 Å². The summed E-state index contributed by atoms with van der Waals surface area (Å²) in [6, 6.07) is 0. The van der Waals surface area contributed by atoms with Crippen LogP contribution in [0, 0.1) is 0 Å². The summed E-state index contributed by atoms with van der Waals surface area (Å²) < 4.78 is 117. The van der Waals surface area contributed by atoms with Gasteiger partial charge in [-0.15, -0.1) is 0 Å². The SMILES string of the molecule is CC(=O)CCCCCOC(C)C.CC(C)OCCCC(=O)OC(C)(C)C.CC(C)OCCCCCC(=O)OC(C)(C)C.CC(C)OCCCCCCS(=O)(=O)OCC(C)(Cl)Cl.CC(C)OCCCCCCS(C)(=O)=O.CC(C)OCCCS(C)(=O)=O.CCCCCCCOC(C)C. The fourth-order valence-corrected chi connectivity index (χ4v) is 9.97. The molecule has 0 aliphatic heterocycles. The van der Waals surface area contributed by atoms with Gasteiger partial charge in [0, 0.05) is 83.8 Å². The maximum absolute atomic E-state index is 11.5. The summed E-state index contributed by atoms with van der Waals surface area (Å²) in [4.78, 5) is 33.1. The third-order valence-corrected chi connectivity index (χ3v) is 15.4. The first-order valence-corrected chi connectivity index (χ1v) is 42.8. The standard InChI is InChI=1S/C13H26O3.C12H24Cl2O4S.C11H22O3.C10H22O3S.C10H20O2.C10H22O.C7H16O3S/c1-11(2)15-10-8-6-7-9-12(14)16-13(3,4)5;1-11(2)17-8-6-4-5-7-9-19(15,16)18-10-12(3,13)14;1-9(2)13-8-6-7-10(12)14-11(3,4)5;1-10(2)13-8-6-4-5-7-9-14(3,11)12;1-9(2)12-8-6-4-5-7-10(3)11;1-4-5-6-7-8-9-11-10(2)3;1-7(2)10-5-4-6-11(3,8)9/h11H,6-10H2,1-5H3;11H,4-10H2,1-3H3;9H,6-8H2,1-5H3;10H,4-9H2,1-3H3;9H,4-8H2,1-3H3;10H,4-9H2,1-3H3;7H,4-6H2,1-3H3. The van der Waals surface area contributed by atoms with Gasteiger partial charge in [0.1, 0.15) is 41.0 Å². The Kier molecular flexibility index (Phi) is 77.7. The smallest absolute Gasteiger partial charge is 0.306 e.